The van der Waals surface area contributed by atoms with Crippen molar-refractivity contribution in [1.29, 1.82) is 5.26 Å². The van der Waals surface area contributed by atoms with Gasteiger partial charge >= 0.3 is 5.97 Å². The van der Waals surface area contributed by atoms with Crippen molar-refractivity contribution in [2.24, 2.45) is 0 Å². The molecule has 0 radical (unpaired) electrons. The molecule has 0 aliphatic carbocycles. The summed E-state index contributed by atoms with van der Waals surface area (Å²) in [6, 6.07) is 21.1. The second-order valence-electron chi connectivity index (χ2n) is 7.39. The summed E-state index contributed by atoms with van der Waals surface area (Å²) in [7, 11) is 0. The topological polar surface area (TPSA) is 88.4 Å². The number of halogens is 1. The lowest BCUT2D eigenvalue weighted by atomic mass is 10.1. The maximum absolute atomic E-state index is 12.6. The molecule has 0 aromatic heterocycles. The van der Waals surface area contributed by atoms with Crippen molar-refractivity contribution in [3.8, 4) is 11.8 Å². The number of hydrogen-bond acceptors (Lipinski definition) is 5. The number of nitrogens with zero attached hydrogens (tertiary/aromatic N) is 1. The normalized spacial score (nSPS) is 10.8. The highest BCUT2D eigenvalue weighted by molar-refractivity contribution is 6.32. The molecule has 172 valence electrons. The van der Waals surface area contributed by atoms with Crippen LogP contribution in [0.4, 0.5) is 5.69 Å². The van der Waals surface area contributed by atoms with Crippen molar-refractivity contribution in [3.05, 3.63) is 99.6 Å². The van der Waals surface area contributed by atoms with Crippen LogP contribution in [0.1, 0.15) is 34.0 Å². The van der Waals surface area contributed by atoms with Gasteiger partial charge in [0.15, 0.2) is 0 Å². The minimum Gasteiger partial charge on any atom is -0.487 e. The second-order valence-corrected chi connectivity index (χ2v) is 7.80. The number of nitrogens with one attached hydrogen (secondary N) is 1. The summed E-state index contributed by atoms with van der Waals surface area (Å²) < 4.78 is 10.7. The van der Waals surface area contributed by atoms with Gasteiger partial charge in [0.1, 0.15) is 24.0 Å². The standard InChI is InChI=1S/C27H23ClN2O4/c1-3-33-27(32)21-8-10-23(11-9-21)30-26(31)22(16-29)14-19-7-12-25(24(28)15-19)34-17-20-6-4-5-18(2)13-20/h4-15H,3,17H2,1-2H3,(H,30,31)/b22-14+. The molecule has 0 aliphatic rings. The third-order valence-electron chi connectivity index (χ3n) is 4.76. The van der Waals surface area contributed by atoms with Crippen LogP contribution in [0.5, 0.6) is 5.75 Å². The first-order valence-electron chi connectivity index (χ1n) is 10.6. The second kappa shape index (κ2) is 11.7. The van der Waals surface area contributed by atoms with Crippen LogP contribution in [-0.2, 0) is 16.1 Å². The molecule has 0 heterocycles. The minimum atomic E-state index is -0.581. The van der Waals surface area contributed by atoms with Gasteiger partial charge < -0.3 is 14.8 Å². The maximum atomic E-state index is 12.6. The molecule has 3 aromatic rings. The van der Waals surface area contributed by atoms with Crippen molar-refractivity contribution in [1.82, 2.24) is 0 Å². The average molecular weight is 475 g/mol. The van der Waals surface area contributed by atoms with Crippen molar-refractivity contribution in [2.75, 3.05) is 11.9 Å². The number of aryl methyl sites for hydroxylation is 1. The van der Waals surface area contributed by atoms with Crippen LogP contribution >= 0.6 is 11.6 Å². The third kappa shape index (κ3) is 6.71. The summed E-state index contributed by atoms with van der Waals surface area (Å²) >= 11 is 6.35. The van der Waals surface area contributed by atoms with Crippen molar-refractivity contribution < 1.29 is 19.1 Å². The van der Waals surface area contributed by atoms with Crippen LogP contribution in [0.15, 0.2) is 72.3 Å². The lowest BCUT2D eigenvalue weighted by molar-refractivity contribution is -0.112. The SMILES string of the molecule is CCOC(=O)c1ccc(NC(=O)/C(C#N)=C/c2ccc(OCc3cccc(C)c3)c(Cl)c2)cc1. The molecule has 0 saturated heterocycles. The predicted octanol–water partition coefficient (Wildman–Crippen LogP) is 5.95. The highest BCUT2D eigenvalue weighted by atomic mass is 35.5. The van der Waals surface area contributed by atoms with Gasteiger partial charge in [0, 0.05) is 5.69 Å². The van der Waals surface area contributed by atoms with E-state index in [1.807, 2.05) is 37.3 Å². The van der Waals surface area contributed by atoms with E-state index in [1.54, 1.807) is 49.4 Å². The van der Waals surface area contributed by atoms with Gasteiger partial charge in [0.05, 0.1) is 17.2 Å². The van der Waals surface area contributed by atoms with Crippen molar-refractivity contribution in [3.63, 3.8) is 0 Å². The maximum Gasteiger partial charge on any atom is 0.338 e. The van der Waals surface area contributed by atoms with E-state index in [1.165, 1.54) is 6.08 Å². The molecule has 3 aromatic carbocycles. The zero-order valence-corrected chi connectivity index (χ0v) is 19.6. The van der Waals surface area contributed by atoms with E-state index >= 15 is 0 Å². The number of benzene rings is 3. The molecule has 6 nitrogen and oxygen atoms in total. The lowest BCUT2D eigenvalue weighted by Gasteiger charge is -2.10. The number of rotatable bonds is 8. The van der Waals surface area contributed by atoms with Gasteiger partial charge in [-0.15, -0.1) is 0 Å². The molecule has 0 spiro atoms. The van der Waals surface area contributed by atoms with Crippen LogP contribution in [0, 0.1) is 18.3 Å². The van der Waals surface area contributed by atoms with E-state index in [0.717, 1.165) is 11.1 Å². The monoisotopic (exact) mass is 474 g/mol. The molecule has 0 atom stereocenters. The summed E-state index contributed by atoms with van der Waals surface area (Å²) in [5.41, 5.74) is 3.47. The highest BCUT2D eigenvalue weighted by Gasteiger charge is 2.12. The zero-order chi connectivity index (χ0) is 24.5. The third-order valence-corrected chi connectivity index (χ3v) is 5.06. The quantitative estimate of drug-likeness (QED) is 0.247. The molecule has 3 rings (SSSR count). The Labute approximate surface area is 203 Å². The van der Waals surface area contributed by atoms with Crippen LogP contribution in [0.3, 0.4) is 0 Å². The zero-order valence-electron chi connectivity index (χ0n) is 18.8. The van der Waals surface area contributed by atoms with E-state index in [2.05, 4.69) is 5.32 Å². The first-order chi connectivity index (χ1) is 16.4. The number of anilines is 1. The van der Waals surface area contributed by atoms with E-state index in [4.69, 9.17) is 21.1 Å². The molecule has 34 heavy (non-hydrogen) atoms. The Kier molecular flexibility index (Phi) is 8.44. The first-order valence-corrected chi connectivity index (χ1v) is 11.0. The van der Waals surface area contributed by atoms with Gasteiger partial charge in [-0.3, -0.25) is 4.79 Å². The average Bonchev–Trinajstić information content (AvgIpc) is 2.82. The van der Waals surface area contributed by atoms with E-state index in [0.29, 0.717) is 34.2 Å². The molecule has 7 heteroatoms. The molecule has 1 N–H and O–H groups in total. The van der Waals surface area contributed by atoms with Crippen LogP contribution in [0.25, 0.3) is 6.08 Å². The number of amides is 1. The molecule has 1 amide bonds. The molecular weight excluding hydrogens is 452 g/mol. The summed E-state index contributed by atoms with van der Waals surface area (Å²) in [6.07, 6.45) is 1.44. The van der Waals surface area contributed by atoms with Crippen molar-refractivity contribution in [2.45, 2.75) is 20.5 Å². The summed E-state index contributed by atoms with van der Waals surface area (Å²) in [5, 5.41) is 12.5. The van der Waals surface area contributed by atoms with Crippen molar-refractivity contribution >= 4 is 35.2 Å². The largest absolute Gasteiger partial charge is 0.487 e. The number of ether oxygens (including phenoxy) is 2. The van der Waals surface area contributed by atoms with Gasteiger partial charge in [-0.1, -0.05) is 47.5 Å². The molecule has 0 aliphatic heterocycles. The fraction of sp³-hybridized carbons (Fsp3) is 0.148. The Balaban J connectivity index is 1.67. The number of esters is 1. The number of carbonyl (C=O) groups excluding carboxylic acids is 2. The fourth-order valence-corrected chi connectivity index (χ4v) is 3.35. The Morgan fingerprint density at radius 2 is 1.85 bits per heavy atom. The Morgan fingerprint density at radius 1 is 1.09 bits per heavy atom. The van der Waals surface area contributed by atoms with Gasteiger partial charge in [0.25, 0.3) is 5.91 Å². The lowest BCUT2D eigenvalue weighted by Crippen LogP contribution is -2.13. The van der Waals surface area contributed by atoms with Crippen LogP contribution < -0.4 is 10.1 Å². The Bertz CT molecular complexity index is 1260. The molecule has 0 bridgehead atoms. The van der Waals surface area contributed by atoms with Gasteiger partial charge in [-0.2, -0.15) is 5.26 Å². The number of carbonyl (C=O) groups is 2. The molecule has 0 saturated carbocycles. The number of hydrogen-bond donors (Lipinski definition) is 1. The van der Waals surface area contributed by atoms with E-state index < -0.39 is 11.9 Å². The highest BCUT2D eigenvalue weighted by Crippen LogP contribution is 2.27. The smallest absolute Gasteiger partial charge is 0.338 e. The van der Waals surface area contributed by atoms with Crippen LogP contribution in [0.2, 0.25) is 5.02 Å². The fourth-order valence-electron chi connectivity index (χ4n) is 3.10. The first kappa shape index (κ1) is 24.6. The van der Waals surface area contributed by atoms with Gasteiger partial charge in [0.2, 0.25) is 0 Å². The Hall–Kier alpha value is -4.08. The van der Waals surface area contributed by atoms with Crippen LogP contribution in [-0.4, -0.2) is 18.5 Å². The van der Waals surface area contributed by atoms with E-state index in [9.17, 15) is 14.9 Å². The predicted molar refractivity (Wildman–Crippen MR) is 132 cm³/mol. The molecule has 0 unspecified atom stereocenters. The molecule has 0 fully saturated rings. The van der Waals surface area contributed by atoms with Gasteiger partial charge in [-0.05, 0) is 67.4 Å². The summed E-state index contributed by atoms with van der Waals surface area (Å²) in [5.74, 6) is -0.520. The van der Waals surface area contributed by atoms with E-state index in [-0.39, 0.29) is 12.2 Å². The minimum absolute atomic E-state index is 0.0982. The summed E-state index contributed by atoms with van der Waals surface area (Å²) in [6.45, 7) is 4.38. The Morgan fingerprint density at radius 3 is 2.50 bits per heavy atom. The molecular formula is C27H23ClN2O4. The van der Waals surface area contributed by atoms with Gasteiger partial charge in [-0.25, -0.2) is 4.79 Å². The number of nitriles is 1. The summed E-state index contributed by atoms with van der Waals surface area (Å²) in [4.78, 5) is 24.3.